The molecule has 7 nitrogen and oxygen atoms in total. The second-order valence-corrected chi connectivity index (χ2v) is 5.65. The third-order valence-corrected chi connectivity index (χ3v) is 3.52. The maximum absolute atomic E-state index is 13.1. The van der Waals surface area contributed by atoms with E-state index in [0.717, 1.165) is 12.1 Å². The van der Waals surface area contributed by atoms with Gasteiger partial charge in [0.25, 0.3) is 0 Å². The van der Waals surface area contributed by atoms with Crippen LogP contribution in [-0.4, -0.2) is 36.3 Å². The van der Waals surface area contributed by atoms with Crippen LogP contribution in [0.3, 0.4) is 0 Å². The highest BCUT2D eigenvalue weighted by Crippen LogP contribution is 2.12. The van der Waals surface area contributed by atoms with Crippen molar-refractivity contribution in [2.75, 3.05) is 25.0 Å². The molecule has 27 heavy (non-hydrogen) atoms. The summed E-state index contributed by atoms with van der Waals surface area (Å²) in [6.45, 7) is 0.361. The van der Waals surface area contributed by atoms with Gasteiger partial charge in [-0.1, -0.05) is 0 Å². The molecule has 0 saturated heterocycles. The number of carbonyl (C=O) groups is 2. The van der Waals surface area contributed by atoms with E-state index in [1.54, 1.807) is 17.0 Å². The average molecular weight is 376 g/mol. The smallest absolute Gasteiger partial charge is 0.243 e. The maximum Gasteiger partial charge on any atom is 0.243 e. The Morgan fingerprint density at radius 1 is 1.19 bits per heavy atom. The van der Waals surface area contributed by atoms with Crippen LogP contribution in [0.2, 0.25) is 0 Å². The molecule has 1 aromatic heterocycles. The largest absolute Gasteiger partial charge is 0.468 e. The first-order valence-electron chi connectivity index (χ1n) is 8.11. The quantitative estimate of drug-likeness (QED) is 0.698. The van der Waals surface area contributed by atoms with Crippen molar-refractivity contribution >= 4 is 17.5 Å². The molecule has 2 aromatic rings. The lowest BCUT2D eigenvalue weighted by Gasteiger charge is -2.19. The molecule has 0 fully saturated rings. The third-order valence-electron chi connectivity index (χ3n) is 3.52. The Hall–Kier alpha value is -3.25. The van der Waals surface area contributed by atoms with E-state index in [0.29, 0.717) is 18.8 Å². The number of furan rings is 1. The van der Waals surface area contributed by atoms with Gasteiger partial charge in [0.15, 0.2) is 11.6 Å². The summed E-state index contributed by atoms with van der Waals surface area (Å²) in [6.07, 6.45) is 1.76. The fraction of sp³-hybridized carbons (Fsp3) is 0.278. The van der Waals surface area contributed by atoms with Gasteiger partial charge < -0.3 is 15.1 Å². The number of anilines is 1. The van der Waals surface area contributed by atoms with Crippen LogP contribution in [0.5, 0.6) is 0 Å². The molecule has 2 amide bonds. The molecule has 0 saturated carbocycles. The lowest BCUT2D eigenvalue weighted by Crippen LogP contribution is -2.40. The molecule has 0 aliphatic rings. The minimum absolute atomic E-state index is 0.0269. The van der Waals surface area contributed by atoms with E-state index in [1.807, 2.05) is 6.07 Å². The maximum atomic E-state index is 13.1. The van der Waals surface area contributed by atoms with Crippen molar-refractivity contribution in [1.82, 2.24) is 10.2 Å². The van der Waals surface area contributed by atoms with Crippen molar-refractivity contribution in [3.8, 4) is 6.07 Å². The van der Waals surface area contributed by atoms with Gasteiger partial charge in [-0.2, -0.15) is 5.26 Å². The summed E-state index contributed by atoms with van der Waals surface area (Å²) in [4.78, 5) is 25.6. The van der Waals surface area contributed by atoms with E-state index in [1.165, 1.54) is 12.3 Å². The summed E-state index contributed by atoms with van der Waals surface area (Å²) in [5.74, 6) is -2.45. The van der Waals surface area contributed by atoms with Gasteiger partial charge in [0.05, 0.1) is 32.0 Å². The highest BCUT2D eigenvalue weighted by atomic mass is 19.2. The van der Waals surface area contributed by atoms with Crippen LogP contribution < -0.4 is 10.6 Å². The number of carbonyl (C=O) groups excluding carboxylic acids is 2. The molecule has 142 valence electrons. The van der Waals surface area contributed by atoms with Crippen LogP contribution in [-0.2, 0) is 16.1 Å². The fourth-order valence-electron chi connectivity index (χ4n) is 2.26. The number of benzene rings is 1. The zero-order valence-corrected chi connectivity index (χ0v) is 14.4. The monoisotopic (exact) mass is 376 g/mol. The Morgan fingerprint density at radius 3 is 2.67 bits per heavy atom. The molecule has 0 aliphatic heterocycles. The molecule has 0 radical (unpaired) electrons. The zero-order chi connectivity index (χ0) is 19.6. The first-order valence-corrected chi connectivity index (χ1v) is 8.11. The number of halogens is 2. The Bertz CT molecular complexity index is 819. The van der Waals surface area contributed by atoms with Crippen LogP contribution in [0, 0.1) is 23.0 Å². The fourth-order valence-corrected chi connectivity index (χ4v) is 2.26. The minimum Gasteiger partial charge on any atom is -0.468 e. The summed E-state index contributed by atoms with van der Waals surface area (Å²) >= 11 is 0. The molecule has 1 aromatic carbocycles. The lowest BCUT2D eigenvalue weighted by atomic mass is 10.3. The molecular formula is C18H18F2N4O3. The Morgan fingerprint density at radius 2 is 2.00 bits per heavy atom. The summed E-state index contributed by atoms with van der Waals surface area (Å²) in [5.41, 5.74) is 0.0848. The zero-order valence-electron chi connectivity index (χ0n) is 14.4. The molecule has 0 atom stereocenters. The van der Waals surface area contributed by atoms with Crippen LogP contribution in [0.1, 0.15) is 12.2 Å². The SMILES string of the molecule is N#CCCN(CC(=O)NCC(=O)Nc1ccc(F)c(F)c1)Cc1ccco1. The summed E-state index contributed by atoms with van der Waals surface area (Å²) in [7, 11) is 0. The number of amides is 2. The van der Waals surface area contributed by atoms with E-state index < -0.39 is 23.4 Å². The van der Waals surface area contributed by atoms with E-state index in [9.17, 15) is 18.4 Å². The Balaban J connectivity index is 1.80. The molecule has 0 spiro atoms. The van der Waals surface area contributed by atoms with Gasteiger partial charge in [-0.3, -0.25) is 14.5 Å². The number of hydrogen-bond acceptors (Lipinski definition) is 5. The van der Waals surface area contributed by atoms with Crippen LogP contribution in [0.15, 0.2) is 41.0 Å². The van der Waals surface area contributed by atoms with Crippen LogP contribution in [0.4, 0.5) is 14.5 Å². The first-order chi connectivity index (χ1) is 13.0. The summed E-state index contributed by atoms with van der Waals surface area (Å²) in [5, 5.41) is 13.5. The van der Waals surface area contributed by atoms with E-state index in [2.05, 4.69) is 10.6 Å². The van der Waals surface area contributed by atoms with Crippen molar-refractivity contribution in [3.63, 3.8) is 0 Å². The number of nitrogens with one attached hydrogen (secondary N) is 2. The van der Waals surface area contributed by atoms with Gasteiger partial charge in [-0.15, -0.1) is 0 Å². The van der Waals surface area contributed by atoms with E-state index in [-0.39, 0.29) is 25.2 Å². The van der Waals surface area contributed by atoms with Gasteiger partial charge >= 0.3 is 0 Å². The van der Waals surface area contributed by atoms with Gasteiger partial charge in [0.2, 0.25) is 11.8 Å². The number of nitrogens with zero attached hydrogens (tertiary/aromatic N) is 2. The predicted molar refractivity (Wildman–Crippen MR) is 92.2 cm³/mol. The average Bonchev–Trinajstić information content (AvgIpc) is 3.14. The van der Waals surface area contributed by atoms with Crippen LogP contribution >= 0.6 is 0 Å². The Kier molecular flexibility index (Phi) is 7.46. The molecule has 2 N–H and O–H groups in total. The standard InChI is InChI=1S/C18H18F2N4O3/c19-15-5-4-13(9-16(15)20)23-17(25)10-22-18(26)12-24(7-2-6-21)11-14-3-1-8-27-14/h1,3-5,8-9H,2,7,10-12H2,(H,22,26)(H,23,25). The molecule has 9 heteroatoms. The van der Waals surface area contributed by atoms with Gasteiger partial charge in [0.1, 0.15) is 5.76 Å². The van der Waals surface area contributed by atoms with Gasteiger partial charge in [-0.25, -0.2) is 8.78 Å². The summed E-state index contributed by atoms with van der Waals surface area (Å²) < 4.78 is 31.2. The molecule has 0 unspecified atom stereocenters. The highest BCUT2D eigenvalue weighted by Gasteiger charge is 2.14. The van der Waals surface area contributed by atoms with E-state index >= 15 is 0 Å². The van der Waals surface area contributed by atoms with Crippen LogP contribution in [0.25, 0.3) is 0 Å². The molecule has 1 heterocycles. The normalized spacial score (nSPS) is 10.4. The van der Waals surface area contributed by atoms with Crippen molar-refractivity contribution in [1.29, 1.82) is 5.26 Å². The third kappa shape index (κ3) is 6.87. The van der Waals surface area contributed by atoms with Crippen molar-refractivity contribution in [2.24, 2.45) is 0 Å². The molecule has 0 aliphatic carbocycles. The topological polar surface area (TPSA) is 98.4 Å². The van der Waals surface area contributed by atoms with Gasteiger partial charge in [-0.05, 0) is 24.3 Å². The number of nitriles is 1. The lowest BCUT2D eigenvalue weighted by molar-refractivity contribution is -0.125. The number of hydrogen-bond donors (Lipinski definition) is 2. The predicted octanol–water partition coefficient (Wildman–Crippen LogP) is 2.03. The summed E-state index contributed by atoms with van der Waals surface area (Å²) in [6, 6.07) is 8.45. The molecule has 0 bridgehead atoms. The first kappa shape index (κ1) is 20.1. The molecular weight excluding hydrogens is 358 g/mol. The van der Waals surface area contributed by atoms with Crippen molar-refractivity contribution < 1.29 is 22.8 Å². The van der Waals surface area contributed by atoms with Crippen molar-refractivity contribution in [3.05, 3.63) is 54.0 Å². The number of rotatable bonds is 9. The second kappa shape index (κ2) is 10.0. The van der Waals surface area contributed by atoms with Gasteiger partial charge in [0, 0.05) is 24.7 Å². The molecule has 2 rings (SSSR count). The Labute approximate surface area is 154 Å². The van der Waals surface area contributed by atoms with E-state index in [4.69, 9.17) is 9.68 Å². The minimum atomic E-state index is -1.08. The van der Waals surface area contributed by atoms with Crippen molar-refractivity contribution in [2.45, 2.75) is 13.0 Å². The second-order valence-electron chi connectivity index (χ2n) is 5.65. The highest BCUT2D eigenvalue weighted by molar-refractivity contribution is 5.94.